The van der Waals surface area contributed by atoms with Crippen LogP contribution in [0.25, 0.3) is 0 Å². The lowest BCUT2D eigenvalue weighted by Gasteiger charge is -2.40. The maximum absolute atomic E-state index is 12.3. The summed E-state index contributed by atoms with van der Waals surface area (Å²) in [4.78, 5) is 21.0. The maximum Gasteiger partial charge on any atom is 0.222 e. The summed E-state index contributed by atoms with van der Waals surface area (Å²) in [5.74, 6) is 0.606. The van der Waals surface area contributed by atoms with E-state index in [1.165, 1.54) is 29.0 Å². The van der Waals surface area contributed by atoms with E-state index in [4.69, 9.17) is 0 Å². The number of likely N-dealkylation sites (tertiary alicyclic amines) is 1. The third kappa shape index (κ3) is 3.30. The molecular formula is C21H27N3OS. The monoisotopic (exact) mass is 369 g/mol. The first-order valence-corrected chi connectivity index (χ1v) is 10.4. The molecule has 1 amide bonds. The van der Waals surface area contributed by atoms with Gasteiger partial charge in [0.15, 0.2) is 0 Å². The van der Waals surface area contributed by atoms with Gasteiger partial charge in [-0.15, -0.1) is 11.3 Å². The summed E-state index contributed by atoms with van der Waals surface area (Å²) in [6.07, 6.45) is 6.01. The zero-order valence-electron chi connectivity index (χ0n) is 15.6. The SMILES string of the molecule is CN(C)C(=O)C[C@@H]1CC2(CCN(Cc3nccs3)CC2)c2ccccc21. The summed E-state index contributed by atoms with van der Waals surface area (Å²) in [6.45, 7) is 3.20. The average molecular weight is 370 g/mol. The van der Waals surface area contributed by atoms with E-state index in [9.17, 15) is 4.79 Å². The molecule has 138 valence electrons. The standard InChI is InChI=1S/C21H27N3OS/c1-23(2)20(25)13-16-14-21(18-6-4-3-5-17(16)18)7-10-24(11-8-21)15-19-22-9-12-26-19/h3-6,9,12,16H,7-8,10-11,13-15H2,1-2H3/t16-/m1/s1. The second-order valence-corrected chi connectivity index (χ2v) is 8.94. The Morgan fingerprint density at radius 1 is 1.31 bits per heavy atom. The lowest BCUT2D eigenvalue weighted by atomic mass is 9.73. The molecule has 0 N–H and O–H groups in total. The second-order valence-electron chi connectivity index (χ2n) is 7.96. The Kier molecular flexibility index (Phi) is 4.84. The van der Waals surface area contributed by atoms with Gasteiger partial charge in [0.1, 0.15) is 5.01 Å². The number of amides is 1. The Hall–Kier alpha value is -1.72. The molecule has 26 heavy (non-hydrogen) atoms. The van der Waals surface area contributed by atoms with Gasteiger partial charge in [-0.2, -0.15) is 0 Å². The minimum Gasteiger partial charge on any atom is -0.349 e. The minimum absolute atomic E-state index is 0.239. The first-order chi connectivity index (χ1) is 12.6. The van der Waals surface area contributed by atoms with Crippen molar-refractivity contribution in [2.75, 3.05) is 27.2 Å². The van der Waals surface area contributed by atoms with Crippen molar-refractivity contribution in [2.45, 2.75) is 43.6 Å². The molecule has 4 nitrogen and oxygen atoms in total. The maximum atomic E-state index is 12.3. The molecule has 5 heteroatoms. The van der Waals surface area contributed by atoms with Crippen LogP contribution in [0.2, 0.25) is 0 Å². The lowest BCUT2D eigenvalue weighted by Crippen LogP contribution is -2.41. The summed E-state index contributed by atoms with van der Waals surface area (Å²) < 4.78 is 0. The fourth-order valence-corrected chi connectivity index (χ4v) is 5.40. The Balaban J connectivity index is 1.49. The number of rotatable bonds is 4. The molecule has 2 aliphatic rings. The molecule has 1 aromatic heterocycles. The number of hydrogen-bond donors (Lipinski definition) is 0. The van der Waals surface area contributed by atoms with Gasteiger partial charge in [-0.3, -0.25) is 9.69 Å². The molecule has 0 saturated carbocycles. The highest BCUT2D eigenvalue weighted by molar-refractivity contribution is 7.09. The zero-order chi connectivity index (χ0) is 18.1. The molecule has 0 unspecified atom stereocenters. The van der Waals surface area contributed by atoms with E-state index in [-0.39, 0.29) is 11.3 Å². The molecule has 1 fully saturated rings. The molecule has 0 radical (unpaired) electrons. The van der Waals surface area contributed by atoms with Crippen LogP contribution in [0.5, 0.6) is 0 Å². The van der Waals surface area contributed by atoms with Gasteiger partial charge in [-0.25, -0.2) is 4.98 Å². The van der Waals surface area contributed by atoms with Crippen molar-refractivity contribution in [3.8, 4) is 0 Å². The number of nitrogens with zero attached hydrogens (tertiary/aromatic N) is 3. The van der Waals surface area contributed by atoms with Crippen LogP contribution in [-0.2, 0) is 16.8 Å². The third-order valence-electron chi connectivity index (χ3n) is 6.18. The number of carbonyl (C=O) groups is 1. The Bertz CT molecular complexity index is 763. The molecular weight excluding hydrogens is 342 g/mol. The molecule has 1 aliphatic heterocycles. The van der Waals surface area contributed by atoms with Crippen LogP contribution >= 0.6 is 11.3 Å². The van der Waals surface area contributed by atoms with Gasteiger partial charge in [0.25, 0.3) is 0 Å². The Labute approximate surface area is 159 Å². The van der Waals surface area contributed by atoms with Crippen LogP contribution in [-0.4, -0.2) is 47.9 Å². The van der Waals surface area contributed by atoms with E-state index in [2.05, 4.69) is 39.5 Å². The van der Waals surface area contributed by atoms with E-state index < -0.39 is 0 Å². The molecule has 0 bridgehead atoms. The summed E-state index contributed by atoms with van der Waals surface area (Å²) in [6, 6.07) is 8.85. The number of piperidine rings is 1. The van der Waals surface area contributed by atoms with Gasteiger partial charge in [-0.1, -0.05) is 24.3 Å². The highest BCUT2D eigenvalue weighted by Gasteiger charge is 2.45. The highest BCUT2D eigenvalue weighted by Crippen LogP contribution is 2.52. The van der Waals surface area contributed by atoms with E-state index >= 15 is 0 Å². The van der Waals surface area contributed by atoms with Gasteiger partial charge >= 0.3 is 0 Å². The Morgan fingerprint density at radius 3 is 2.77 bits per heavy atom. The van der Waals surface area contributed by atoms with Crippen LogP contribution in [0.15, 0.2) is 35.8 Å². The van der Waals surface area contributed by atoms with Crippen LogP contribution in [0.3, 0.4) is 0 Å². The topological polar surface area (TPSA) is 36.4 Å². The first-order valence-electron chi connectivity index (χ1n) is 9.48. The van der Waals surface area contributed by atoms with E-state index in [1.807, 2.05) is 20.3 Å². The van der Waals surface area contributed by atoms with E-state index in [0.29, 0.717) is 12.3 Å². The summed E-state index contributed by atoms with van der Waals surface area (Å²) in [5.41, 5.74) is 3.18. The fraction of sp³-hybridized carbons (Fsp3) is 0.524. The lowest BCUT2D eigenvalue weighted by molar-refractivity contribution is -0.129. The molecule has 1 aliphatic carbocycles. The summed E-state index contributed by atoms with van der Waals surface area (Å²) >= 11 is 1.74. The zero-order valence-corrected chi connectivity index (χ0v) is 16.5. The average Bonchev–Trinajstić information content (AvgIpc) is 3.25. The van der Waals surface area contributed by atoms with Gasteiger partial charge in [-0.05, 0) is 54.8 Å². The normalized spacial score (nSPS) is 21.7. The quantitative estimate of drug-likeness (QED) is 0.825. The van der Waals surface area contributed by atoms with Gasteiger partial charge in [0.2, 0.25) is 5.91 Å². The van der Waals surface area contributed by atoms with Crippen molar-refractivity contribution in [1.82, 2.24) is 14.8 Å². The molecule has 1 spiro atoms. The van der Waals surface area contributed by atoms with E-state index in [0.717, 1.165) is 26.1 Å². The molecule has 2 aromatic rings. The predicted molar refractivity (Wildman–Crippen MR) is 105 cm³/mol. The van der Waals surface area contributed by atoms with Crippen LogP contribution in [0.1, 0.15) is 47.7 Å². The van der Waals surface area contributed by atoms with Crippen LogP contribution < -0.4 is 0 Å². The van der Waals surface area contributed by atoms with Crippen molar-refractivity contribution in [1.29, 1.82) is 0 Å². The molecule has 2 heterocycles. The van der Waals surface area contributed by atoms with Crippen LogP contribution in [0.4, 0.5) is 0 Å². The number of fused-ring (bicyclic) bond motifs is 2. The van der Waals surface area contributed by atoms with Crippen molar-refractivity contribution in [2.24, 2.45) is 0 Å². The fourth-order valence-electron chi connectivity index (χ4n) is 4.74. The van der Waals surface area contributed by atoms with Crippen LogP contribution in [0, 0.1) is 0 Å². The highest BCUT2D eigenvalue weighted by atomic mass is 32.1. The smallest absolute Gasteiger partial charge is 0.222 e. The van der Waals surface area contributed by atoms with Gasteiger partial charge < -0.3 is 4.90 Å². The molecule has 1 aromatic carbocycles. The summed E-state index contributed by atoms with van der Waals surface area (Å²) in [5, 5.41) is 3.27. The minimum atomic E-state index is 0.239. The number of hydrogen-bond acceptors (Lipinski definition) is 4. The van der Waals surface area contributed by atoms with Gasteiger partial charge in [0.05, 0.1) is 6.54 Å². The molecule has 4 rings (SSSR count). The van der Waals surface area contributed by atoms with Crippen molar-refractivity contribution < 1.29 is 4.79 Å². The number of benzene rings is 1. The van der Waals surface area contributed by atoms with Crippen molar-refractivity contribution in [3.63, 3.8) is 0 Å². The van der Waals surface area contributed by atoms with Crippen molar-refractivity contribution >= 4 is 17.2 Å². The van der Waals surface area contributed by atoms with E-state index in [1.54, 1.807) is 16.2 Å². The van der Waals surface area contributed by atoms with Crippen molar-refractivity contribution in [3.05, 3.63) is 52.0 Å². The number of carbonyl (C=O) groups excluding carboxylic acids is 1. The molecule has 1 saturated heterocycles. The largest absolute Gasteiger partial charge is 0.349 e. The summed E-state index contributed by atoms with van der Waals surface area (Å²) in [7, 11) is 3.71. The van der Waals surface area contributed by atoms with Gasteiger partial charge in [0, 0.05) is 32.1 Å². The number of thiazole rings is 1. The first kappa shape index (κ1) is 17.7. The third-order valence-corrected chi connectivity index (χ3v) is 6.95. The Morgan fingerprint density at radius 2 is 2.08 bits per heavy atom. The molecule has 1 atom stereocenters. The number of aromatic nitrogens is 1. The second kappa shape index (κ2) is 7.12. The predicted octanol–water partition coefficient (Wildman–Crippen LogP) is 3.64.